The summed E-state index contributed by atoms with van der Waals surface area (Å²) in [6, 6.07) is 5.73. The van der Waals surface area contributed by atoms with E-state index in [1.54, 1.807) is 13.8 Å². The summed E-state index contributed by atoms with van der Waals surface area (Å²) in [7, 11) is -4.75. The Morgan fingerprint density at radius 2 is 2.00 bits per heavy atom. The molecule has 0 heterocycles. The zero-order valence-corrected chi connectivity index (χ0v) is 12.3. The maximum atomic E-state index is 11.9. The summed E-state index contributed by atoms with van der Waals surface area (Å²) in [6.45, 7) is 3.15. The van der Waals surface area contributed by atoms with E-state index in [1.807, 2.05) is 0 Å². The third-order valence-corrected chi connectivity index (χ3v) is 6.44. The first-order valence-electron chi connectivity index (χ1n) is 5.67. The number of benzene rings is 1. The van der Waals surface area contributed by atoms with Gasteiger partial charge in [-0.15, -0.1) is 0 Å². The van der Waals surface area contributed by atoms with Gasteiger partial charge in [-0.1, -0.05) is 6.07 Å². The number of hydrogen-bond acceptors (Lipinski definition) is 4. The van der Waals surface area contributed by atoms with Gasteiger partial charge in [-0.25, -0.2) is 13.2 Å². The highest BCUT2D eigenvalue weighted by atomic mass is 32.2. The molecule has 5 nitrogen and oxygen atoms in total. The Morgan fingerprint density at radius 3 is 2.53 bits per heavy atom. The van der Waals surface area contributed by atoms with Crippen LogP contribution in [0.1, 0.15) is 24.2 Å². The Labute approximate surface area is 115 Å². The van der Waals surface area contributed by atoms with Gasteiger partial charge < -0.3 is 5.11 Å². The molecular formula is C12H16O5S2. The van der Waals surface area contributed by atoms with E-state index in [9.17, 15) is 17.4 Å². The van der Waals surface area contributed by atoms with Crippen LogP contribution in [-0.2, 0) is 20.6 Å². The van der Waals surface area contributed by atoms with Crippen molar-refractivity contribution in [1.82, 2.24) is 0 Å². The Balaban J connectivity index is 2.80. The average molecular weight is 304 g/mol. The van der Waals surface area contributed by atoms with Crippen molar-refractivity contribution in [3.63, 3.8) is 0 Å². The molecule has 0 spiro atoms. The number of aromatic carboxylic acids is 1. The lowest BCUT2D eigenvalue weighted by Crippen LogP contribution is -2.21. The SMILES string of the molecule is CC(C)S(=O)(=O)CCS(=O)c1cccc(C(=O)O)c1. The van der Waals surface area contributed by atoms with E-state index in [-0.39, 0.29) is 17.1 Å². The molecule has 1 aromatic rings. The van der Waals surface area contributed by atoms with Gasteiger partial charge in [0.15, 0.2) is 9.84 Å². The van der Waals surface area contributed by atoms with E-state index in [1.165, 1.54) is 24.3 Å². The smallest absolute Gasteiger partial charge is 0.335 e. The second-order valence-corrected chi connectivity index (χ2v) is 8.55. The van der Waals surface area contributed by atoms with Crippen LogP contribution in [0.5, 0.6) is 0 Å². The van der Waals surface area contributed by atoms with Gasteiger partial charge >= 0.3 is 5.97 Å². The van der Waals surface area contributed by atoms with Gasteiger partial charge in [-0.3, -0.25) is 4.21 Å². The van der Waals surface area contributed by atoms with E-state index in [4.69, 9.17) is 5.11 Å². The minimum Gasteiger partial charge on any atom is -0.478 e. The monoisotopic (exact) mass is 304 g/mol. The van der Waals surface area contributed by atoms with Crippen molar-refractivity contribution in [3.05, 3.63) is 29.8 Å². The van der Waals surface area contributed by atoms with Gasteiger partial charge in [0, 0.05) is 10.6 Å². The Morgan fingerprint density at radius 1 is 1.37 bits per heavy atom. The van der Waals surface area contributed by atoms with Crippen molar-refractivity contribution < 1.29 is 22.5 Å². The van der Waals surface area contributed by atoms with Crippen LogP contribution in [0.4, 0.5) is 0 Å². The van der Waals surface area contributed by atoms with Crippen LogP contribution in [-0.4, -0.2) is 40.5 Å². The van der Waals surface area contributed by atoms with Crippen molar-refractivity contribution in [2.75, 3.05) is 11.5 Å². The third-order valence-electron chi connectivity index (χ3n) is 2.62. The predicted octanol–water partition coefficient (Wildman–Crippen LogP) is 1.32. The molecule has 7 heteroatoms. The molecule has 1 rings (SSSR count). The summed E-state index contributed by atoms with van der Waals surface area (Å²) in [5.74, 6) is -1.30. The summed E-state index contributed by atoms with van der Waals surface area (Å²) < 4.78 is 35.2. The second-order valence-electron chi connectivity index (χ2n) is 4.30. The van der Waals surface area contributed by atoms with Crippen LogP contribution >= 0.6 is 0 Å². The molecule has 106 valence electrons. The number of sulfone groups is 1. The third kappa shape index (κ3) is 4.43. The first-order chi connectivity index (χ1) is 8.74. The molecule has 0 fully saturated rings. The maximum Gasteiger partial charge on any atom is 0.335 e. The molecule has 0 aliphatic carbocycles. The molecule has 0 aliphatic rings. The van der Waals surface area contributed by atoms with Gasteiger partial charge in [0.25, 0.3) is 0 Å². The summed E-state index contributed by atoms with van der Waals surface area (Å²) in [5.41, 5.74) is 0.0394. The normalized spacial score (nSPS) is 13.4. The summed E-state index contributed by atoms with van der Waals surface area (Å²) in [4.78, 5) is 11.1. The number of carboxylic acid groups (broad SMARTS) is 1. The van der Waals surface area contributed by atoms with Crippen LogP contribution in [0, 0.1) is 0 Å². The topological polar surface area (TPSA) is 88.5 Å². The fraction of sp³-hybridized carbons (Fsp3) is 0.417. The van der Waals surface area contributed by atoms with Crippen molar-refractivity contribution >= 4 is 26.6 Å². The Kier molecular flexibility index (Phi) is 5.25. The summed E-state index contributed by atoms with van der Waals surface area (Å²) >= 11 is 0. The molecule has 1 unspecified atom stereocenters. The van der Waals surface area contributed by atoms with Crippen molar-refractivity contribution in [3.8, 4) is 0 Å². The molecule has 0 saturated carbocycles. The summed E-state index contributed by atoms with van der Waals surface area (Å²) in [6.07, 6.45) is 0. The van der Waals surface area contributed by atoms with Crippen LogP contribution in [0.25, 0.3) is 0 Å². The molecule has 0 radical (unpaired) electrons. The Bertz CT molecular complexity index is 590. The van der Waals surface area contributed by atoms with Crippen molar-refractivity contribution in [2.45, 2.75) is 24.0 Å². The lowest BCUT2D eigenvalue weighted by Gasteiger charge is -2.07. The molecule has 0 saturated heterocycles. The van der Waals surface area contributed by atoms with E-state index < -0.39 is 31.9 Å². The van der Waals surface area contributed by atoms with Crippen LogP contribution < -0.4 is 0 Å². The van der Waals surface area contributed by atoms with E-state index >= 15 is 0 Å². The highest BCUT2D eigenvalue weighted by Crippen LogP contribution is 2.11. The minimum atomic E-state index is -3.24. The molecule has 1 aromatic carbocycles. The molecule has 0 amide bonds. The van der Waals surface area contributed by atoms with Crippen molar-refractivity contribution in [2.24, 2.45) is 0 Å². The minimum absolute atomic E-state index is 0.0242. The number of hydrogen-bond donors (Lipinski definition) is 1. The van der Waals surface area contributed by atoms with Crippen LogP contribution in [0.15, 0.2) is 29.2 Å². The van der Waals surface area contributed by atoms with Gasteiger partial charge in [-0.2, -0.15) is 0 Å². The molecule has 0 aliphatic heterocycles. The lowest BCUT2D eigenvalue weighted by molar-refractivity contribution is 0.0696. The second kappa shape index (κ2) is 6.29. The fourth-order valence-corrected chi connectivity index (χ4v) is 4.05. The molecule has 1 atom stereocenters. The van der Waals surface area contributed by atoms with E-state index in [2.05, 4.69) is 0 Å². The number of carbonyl (C=O) groups is 1. The number of carboxylic acids is 1. The Hall–Kier alpha value is -1.21. The van der Waals surface area contributed by atoms with E-state index in [0.717, 1.165) is 0 Å². The highest BCUT2D eigenvalue weighted by molar-refractivity contribution is 7.93. The van der Waals surface area contributed by atoms with Gasteiger partial charge in [0.2, 0.25) is 0 Å². The molecular weight excluding hydrogens is 288 g/mol. The first kappa shape index (κ1) is 15.8. The van der Waals surface area contributed by atoms with E-state index in [0.29, 0.717) is 4.90 Å². The molecule has 19 heavy (non-hydrogen) atoms. The van der Waals surface area contributed by atoms with Crippen LogP contribution in [0.3, 0.4) is 0 Å². The first-order valence-corrected chi connectivity index (χ1v) is 8.71. The zero-order chi connectivity index (χ0) is 14.6. The lowest BCUT2D eigenvalue weighted by atomic mass is 10.2. The molecule has 0 aromatic heterocycles. The zero-order valence-electron chi connectivity index (χ0n) is 10.7. The van der Waals surface area contributed by atoms with Crippen molar-refractivity contribution in [1.29, 1.82) is 0 Å². The largest absolute Gasteiger partial charge is 0.478 e. The quantitative estimate of drug-likeness (QED) is 0.856. The average Bonchev–Trinajstić information content (AvgIpc) is 2.36. The van der Waals surface area contributed by atoms with Gasteiger partial charge in [0.05, 0.1) is 27.4 Å². The highest BCUT2D eigenvalue weighted by Gasteiger charge is 2.18. The summed E-state index contributed by atoms with van der Waals surface area (Å²) in [5, 5.41) is 8.32. The standard InChI is InChI=1S/C12H16O5S2/c1-9(2)19(16,17)7-6-18(15)11-5-3-4-10(8-11)12(13)14/h3-5,8-9H,6-7H2,1-2H3,(H,13,14). The van der Waals surface area contributed by atoms with Gasteiger partial charge in [-0.05, 0) is 32.0 Å². The van der Waals surface area contributed by atoms with Crippen LogP contribution in [0.2, 0.25) is 0 Å². The van der Waals surface area contributed by atoms with Gasteiger partial charge in [0.1, 0.15) is 0 Å². The number of rotatable bonds is 6. The molecule has 0 bridgehead atoms. The maximum absolute atomic E-state index is 11.9. The predicted molar refractivity (Wildman–Crippen MR) is 73.6 cm³/mol. The molecule has 1 N–H and O–H groups in total. The fourth-order valence-electron chi connectivity index (χ4n) is 1.32.